The van der Waals surface area contributed by atoms with Gasteiger partial charge < -0.3 is 5.32 Å². The number of hydrogen-bond donors (Lipinski definition) is 1. The van der Waals surface area contributed by atoms with Gasteiger partial charge in [0.1, 0.15) is 0 Å². The molecule has 1 N–H and O–H groups in total. The molecule has 0 aromatic heterocycles. The largest absolute Gasteiger partial charge is 0.312 e. The molecule has 0 aromatic rings. The lowest BCUT2D eigenvalue weighted by atomic mass is 10.1. The molecule has 2 nitrogen and oxygen atoms in total. The summed E-state index contributed by atoms with van der Waals surface area (Å²) in [5, 5.41) is 3.77. The first kappa shape index (κ1) is 11.4. The highest BCUT2D eigenvalue weighted by Gasteiger charge is 2.22. The van der Waals surface area contributed by atoms with Crippen molar-refractivity contribution < 1.29 is 0 Å². The van der Waals surface area contributed by atoms with E-state index in [2.05, 4.69) is 17.1 Å². The Hall–Kier alpha value is -0.0800. The van der Waals surface area contributed by atoms with Crippen molar-refractivity contribution in [1.29, 1.82) is 0 Å². The minimum atomic E-state index is 0.799. The molecule has 15 heavy (non-hydrogen) atoms. The fraction of sp³-hybridized carbons (Fsp3) is 1.00. The van der Waals surface area contributed by atoms with Crippen LogP contribution in [-0.2, 0) is 0 Å². The Kier molecular flexibility index (Phi) is 4.45. The third-order valence-electron chi connectivity index (χ3n) is 4.13. The average molecular weight is 210 g/mol. The molecule has 88 valence electrons. The molecule has 2 rings (SSSR count). The molecule has 1 aliphatic carbocycles. The number of rotatable bonds is 5. The number of hydrogen-bond acceptors (Lipinski definition) is 2. The highest BCUT2D eigenvalue weighted by atomic mass is 15.2. The van der Waals surface area contributed by atoms with Gasteiger partial charge in [-0.2, -0.15) is 0 Å². The maximum atomic E-state index is 3.77. The molecule has 2 heteroatoms. The van der Waals surface area contributed by atoms with Crippen molar-refractivity contribution in [1.82, 2.24) is 10.2 Å². The maximum Gasteiger partial charge on any atom is 0.0218 e. The monoisotopic (exact) mass is 210 g/mol. The molecule has 0 spiro atoms. The Labute approximate surface area is 94.4 Å². The van der Waals surface area contributed by atoms with Crippen LogP contribution in [-0.4, -0.2) is 36.6 Å². The van der Waals surface area contributed by atoms with Crippen LogP contribution >= 0.6 is 0 Å². The van der Waals surface area contributed by atoms with Gasteiger partial charge in [0, 0.05) is 18.6 Å². The Morgan fingerprint density at radius 3 is 2.40 bits per heavy atom. The van der Waals surface area contributed by atoms with Crippen LogP contribution < -0.4 is 5.32 Å². The average Bonchev–Trinajstić information content (AvgIpc) is 2.90. The van der Waals surface area contributed by atoms with E-state index >= 15 is 0 Å². The molecule has 1 aliphatic heterocycles. The van der Waals surface area contributed by atoms with Crippen LogP contribution in [0, 0.1) is 0 Å². The van der Waals surface area contributed by atoms with E-state index in [1.54, 1.807) is 0 Å². The zero-order chi connectivity index (χ0) is 10.5. The summed E-state index contributed by atoms with van der Waals surface area (Å²) in [7, 11) is 0. The molecular weight excluding hydrogens is 184 g/mol. The molecule has 1 heterocycles. The number of nitrogens with one attached hydrogen (secondary N) is 1. The molecule has 2 aliphatic rings. The molecule has 0 amide bonds. The van der Waals surface area contributed by atoms with Crippen molar-refractivity contribution in [2.75, 3.05) is 19.6 Å². The fourth-order valence-corrected chi connectivity index (χ4v) is 3.07. The van der Waals surface area contributed by atoms with Gasteiger partial charge in [-0.05, 0) is 45.2 Å². The summed E-state index contributed by atoms with van der Waals surface area (Å²) < 4.78 is 0. The lowest BCUT2D eigenvalue weighted by molar-refractivity contribution is 0.224. The molecule has 2 fully saturated rings. The van der Waals surface area contributed by atoms with Crippen molar-refractivity contribution in [3.8, 4) is 0 Å². The molecule has 1 unspecified atom stereocenters. The van der Waals surface area contributed by atoms with Crippen molar-refractivity contribution in [2.24, 2.45) is 0 Å². The second-order valence-electron chi connectivity index (χ2n) is 5.19. The predicted octanol–water partition coefficient (Wildman–Crippen LogP) is 2.39. The smallest absolute Gasteiger partial charge is 0.0218 e. The SMILES string of the molecule is CCC(CNC1CCCC1)N1CCCC1. The molecule has 0 bridgehead atoms. The standard InChI is InChI=1S/C13H26N2/c1-2-13(15-9-5-6-10-15)11-14-12-7-3-4-8-12/h12-14H,2-11H2,1H3. The Morgan fingerprint density at radius 2 is 1.80 bits per heavy atom. The van der Waals surface area contributed by atoms with Crippen LogP contribution in [0.15, 0.2) is 0 Å². The summed E-state index contributed by atoms with van der Waals surface area (Å²) >= 11 is 0. The van der Waals surface area contributed by atoms with Gasteiger partial charge in [-0.15, -0.1) is 0 Å². The Morgan fingerprint density at radius 1 is 1.13 bits per heavy atom. The Bertz CT molecular complexity index is 169. The minimum Gasteiger partial charge on any atom is -0.312 e. The van der Waals surface area contributed by atoms with Gasteiger partial charge in [0.25, 0.3) is 0 Å². The first-order valence-corrected chi connectivity index (χ1v) is 6.87. The fourth-order valence-electron chi connectivity index (χ4n) is 3.07. The lowest BCUT2D eigenvalue weighted by Gasteiger charge is -2.28. The van der Waals surface area contributed by atoms with E-state index in [0.29, 0.717) is 0 Å². The predicted molar refractivity (Wildman–Crippen MR) is 65.1 cm³/mol. The van der Waals surface area contributed by atoms with Crippen LogP contribution in [0.5, 0.6) is 0 Å². The minimum absolute atomic E-state index is 0.799. The first-order valence-electron chi connectivity index (χ1n) is 6.87. The quantitative estimate of drug-likeness (QED) is 0.749. The lowest BCUT2D eigenvalue weighted by Crippen LogP contribution is -2.43. The summed E-state index contributed by atoms with van der Waals surface area (Å²) in [5.74, 6) is 0. The third-order valence-corrected chi connectivity index (χ3v) is 4.13. The zero-order valence-corrected chi connectivity index (χ0v) is 10.2. The van der Waals surface area contributed by atoms with Crippen molar-refractivity contribution in [3.63, 3.8) is 0 Å². The van der Waals surface area contributed by atoms with E-state index < -0.39 is 0 Å². The maximum absolute atomic E-state index is 3.77. The van der Waals surface area contributed by atoms with Crippen LogP contribution in [0.2, 0.25) is 0 Å². The Balaban J connectivity index is 1.69. The summed E-state index contributed by atoms with van der Waals surface area (Å²) in [4.78, 5) is 2.68. The van der Waals surface area contributed by atoms with E-state index in [0.717, 1.165) is 12.1 Å². The molecular formula is C13H26N2. The van der Waals surface area contributed by atoms with E-state index in [9.17, 15) is 0 Å². The van der Waals surface area contributed by atoms with Crippen molar-refractivity contribution >= 4 is 0 Å². The van der Waals surface area contributed by atoms with E-state index in [1.165, 1.54) is 64.6 Å². The van der Waals surface area contributed by atoms with Crippen LogP contribution in [0.1, 0.15) is 51.9 Å². The molecule has 0 aromatic carbocycles. The van der Waals surface area contributed by atoms with Gasteiger partial charge in [0.15, 0.2) is 0 Å². The van der Waals surface area contributed by atoms with E-state index in [1.807, 2.05) is 0 Å². The van der Waals surface area contributed by atoms with Crippen LogP contribution in [0.3, 0.4) is 0 Å². The number of likely N-dealkylation sites (tertiary alicyclic amines) is 1. The van der Waals surface area contributed by atoms with Crippen molar-refractivity contribution in [2.45, 2.75) is 64.0 Å². The van der Waals surface area contributed by atoms with Gasteiger partial charge in [-0.1, -0.05) is 19.8 Å². The van der Waals surface area contributed by atoms with Crippen molar-refractivity contribution in [3.05, 3.63) is 0 Å². The molecule has 1 saturated heterocycles. The van der Waals surface area contributed by atoms with E-state index in [4.69, 9.17) is 0 Å². The first-order chi connectivity index (χ1) is 7.40. The molecule has 1 saturated carbocycles. The highest BCUT2D eigenvalue weighted by Crippen LogP contribution is 2.19. The number of nitrogens with zero attached hydrogens (tertiary/aromatic N) is 1. The van der Waals surface area contributed by atoms with Gasteiger partial charge in [-0.3, -0.25) is 4.90 Å². The van der Waals surface area contributed by atoms with Gasteiger partial charge in [0.05, 0.1) is 0 Å². The summed E-state index contributed by atoms with van der Waals surface area (Å²) in [6.07, 6.45) is 9.85. The highest BCUT2D eigenvalue weighted by molar-refractivity contribution is 4.80. The van der Waals surface area contributed by atoms with Crippen LogP contribution in [0.25, 0.3) is 0 Å². The zero-order valence-electron chi connectivity index (χ0n) is 10.2. The third kappa shape index (κ3) is 3.18. The summed E-state index contributed by atoms with van der Waals surface area (Å²) in [6, 6.07) is 1.63. The van der Waals surface area contributed by atoms with Gasteiger partial charge in [0.2, 0.25) is 0 Å². The molecule has 0 radical (unpaired) electrons. The topological polar surface area (TPSA) is 15.3 Å². The van der Waals surface area contributed by atoms with Crippen LogP contribution in [0.4, 0.5) is 0 Å². The van der Waals surface area contributed by atoms with E-state index in [-0.39, 0.29) is 0 Å². The summed E-state index contributed by atoms with van der Waals surface area (Å²) in [5.41, 5.74) is 0. The summed E-state index contributed by atoms with van der Waals surface area (Å²) in [6.45, 7) is 6.23. The van der Waals surface area contributed by atoms with Gasteiger partial charge >= 0.3 is 0 Å². The second-order valence-corrected chi connectivity index (χ2v) is 5.19. The normalized spacial score (nSPS) is 26.2. The molecule has 1 atom stereocenters. The van der Waals surface area contributed by atoms with Gasteiger partial charge in [-0.25, -0.2) is 0 Å². The second kappa shape index (κ2) is 5.86.